The average molecular weight is 523 g/mol. The van der Waals surface area contributed by atoms with Crippen LogP contribution < -0.4 is 0 Å². The highest BCUT2D eigenvalue weighted by Gasteiger charge is 2.47. The molecule has 10 nitrogen and oxygen atoms in total. The highest BCUT2D eigenvalue weighted by atomic mass is 16.7. The lowest BCUT2D eigenvalue weighted by atomic mass is 9.86. The van der Waals surface area contributed by atoms with E-state index in [2.05, 4.69) is 0 Å². The molecule has 0 aliphatic carbocycles. The van der Waals surface area contributed by atoms with Crippen LogP contribution in [0.3, 0.4) is 0 Å². The summed E-state index contributed by atoms with van der Waals surface area (Å²) in [5.74, 6) is 0. The highest BCUT2D eigenvalue weighted by molar-refractivity contribution is 4.89. The summed E-state index contributed by atoms with van der Waals surface area (Å²) in [5, 5.41) is 37.2. The van der Waals surface area contributed by atoms with Gasteiger partial charge in [0, 0.05) is 21.7 Å². The van der Waals surface area contributed by atoms with E-state index in [0.717, 1.165) is 6.42 Å². The molecule has 4 N–H and O–H groups in total. The van der Waals surface area contributed by atoms with Crippen molar-refractivity contribution < 1.29 is 48.8 Å². The van der Waals surface area contributed by atoms with Crippen LogP contribution in [0.5, 0.6) is 0 Å². The summed E-state index contributed by atoms with van der Waals surface area (Å²) >= 11 is 0. The third-order valence-corrected chi connectivity index (χ3v) is 7.47. The SMILES string of the molecule is CC(C)(CO)C1OCC2(CO1)COC(C(C)(C)CO)OC2.CCC1(CO)COC(C(C)(C)CO)OC1. The molecule has 3 aliphatic heterocycles. The molecule has 3 saturated heterocycles. The van der Waals surface area contributed by atoms with Crippen LogP contribution in [0, 0.1) is 27.1 Å². The van der Waals surface area contributed by atoms with Crippen molar-refractivity contribution in [3.8, 4) is 0 Å². The molecular formula is C26H50O10. The van der Waals surface area contributed by atoms with E-state index in [-0.39, 0.29) is 43.5 Å². The molecule has 214 valence electrons. The summed E-state index contributed by atoms with van der Waals surface area (Å²) < 4.78 is 34.3. The Morgan fingerprint density at radius 1 is 0.556 bits per heavy atom. The topological polar surface area (TPSA) is 136 Å². The van der Waals surface area contributed by atoms with Crippen LogP contribution in [0.1, 0.15) is 54.9 Å². The molecule has 10 heteroatoms. The monoisotopic (exact) mass is 522 g/mol. The Kier molecular flexibility index (Phi) is 11.2. The minimum Gasteiger partial charge on any atom is -0.396 e. The Bertz CT molecular complexity index is 598. The summed E-state index contributed by atoms with van der Waals surface area (Å²) in [5.41, 5.74) is -1.82. The van der Waals surface area contributed by atoms with Gasteiger partial charge in [-0.1, -0.05) is 48.5 Å². The van der Waals surface area contributed by atoms with Gasteiger partial charge in [-0.2, -0.15) is 0 Å². The standard InChI is InChI=1S/C15H28O6.C11H22O4/c1-13(2,5-16)11-18-7-15(8-19-11)9-20-12(21-10-15)14(3,4)6-17;1-4-11(6-13)7-14-9(15-8-11)10(2,3)5-12/h11-12,16-17H,5-10H2,1-4H3;9,12-13H,4-8H2,1-3H3. The number of rotatable bonds is 8. The molecule has 0 unspecified atom stereocenters. The van der Waals surface area contributed by atoms with Crippen molar-refractivity contribution in [2.24, 2.45) is 27.1 Å². The van der Waals surface area contributed by atoms with Gasteiger partial charge in [-0.05, 0) is 6.42 Å². The third kappa shape index (κ3) is 7.59. The van der Waals surface area contributed by atoms with Crippen LogP contribution in [0.15, 0.2) is 0 Å². The molecule has 36 heavy (non-hydrogen) atoms. The second-order valence-corrected chi connectivity index (χ2v) is 12.8. The lowest BCUT2D eigenvalue weighted by Crippen LogP contribution is -2.56. The van der Waals surface area contributed by atoms with E-state index >= 15 is 0 Å². The Morgan fingerprint density at radius 3 is 1.06 bits per heavy atom. The summed E-state index contributed by atoms with van der Waals surface area (Å²) in [6.07, 6.45) is -0.386. The Balaban J connectivity index is 0.000000269. The van der Waals surface area contributed by atoms with Crippen LogP contribution in [-0.2, 0) is 28.4 Å². The van der Waals surface area contributed by atoms with Crippen molar-refractivity contribution in [2.45, 2.75) is 73.8 Å². The maximum absolute atomic E-state index is 9.37. The molecule has 0 radical (unpaired) electrons. The fourth-order valence-electron chi connectivity index (χ4n) is 3.94. The van der Waals surface area contributed by atoms with Crippen LogP contribution in [-0.4, -0.2) is 105 Å². The summed E-state index contributed by atoms with van der Waals surface area (Å²) in [7, 11) is 0. The fraction of sp³-hybridized carbons (Fsp3) is 1.00. The Labute approximate surface area is 216 Å². The fourth-order valence-corrected chi connectivity index (χ4v) is 3.94. The molecule has 0 atom stereocenters. The Morgan fingerprint density at radius 2 is 0.833 bits per heavy atom. The number of ether oxygens (including phenoxy) is 6. The number of hydrogen-bond acceptors (Lipinski definition) is 10. The van der Waals surface area contributed by atoms with Gasteiger partial charge in [0.1, 0.15) is 0 Å². The van der Waals surface area contributed by atoms with Gasteiger partial charge in [-0.3, -0.25) is 0 Å². The van der Waals surface area contributed by atoms with Crippen LogP contribution >= 0.6 is 0 Å². The molecule has 0 aromatic heterocycles. The van der Waals surface area contributed by atoms with E-state index in [1.807, 2.05) is 48.5 Å². The van der Waals surface area contributed by atoms with Crippen molar-refractivity contribution in [3.63, 3.8) is 0 Å². The molecule has 3 rings (SSSR count). The highest BCUT2D eigenvalue weighted by Crippen LogP contribution is 2.38. The van der Waals surface area contributed by atoms with Crippen molar-refractivity contribution in [3.05, 3.63) is 0 Å². The minimum absolute atomic E-state index is 0.00440. The van der Waals surface area contributed by atoms with Crippen molar-refractivity contribution >= 4 is 0 Å². The first kappa shape index (κ1) is 31.8. The first-order chi connectivity index (χ1) is 16.7. The van der Waals surface area contributed by atoms with Gasteiger partial charge in [0.05, 0.1) is 71.5 Å². The zero-order valence-electron chi connectivity index (χ0n) is 23.2. The summed E-state index contributed by atoms with van der Waals surface area (Å²) in [6, 6.07) is 0. The van der Waals surface area contributed by atoms with E-state index in [1.54, 1.807) is 0 Å². The molecule has 3 fully saturated rings. The van der Waals surface area contributed by atoms with E-state index in [0.29, 0.717) is 39.6 Å². The van der Waals surface area contributed by atoms with E-state index in [9.17, 15) is 20.4 Å². The minimum atomic E-state index is -0.431. The molecule has 1 spiro atoms. The van der Waals surface area contributed by atoms with Crippen LogP contribution in [0.2, 0.25) is 0 Å². The van der Waals surface area contributed by atoms with Gasteiger partial charge in [0.15, 0.2) is 18.9 Å². The molecule has 0 saturated carbocycles. The van der Waals surface area contributed by atoms with Crippen molar-refractivity contribution in [1.29, 1.82) is 0 Å². The zero-order valence-corrected chi connectivity index (χ0v) is 23.2. The van der Waals surface area contributed by atoms with E-state index in [1.165, 1.54) is 0 Å². The quantitative estimate of drug-likeness (QED) is 0.371. The maximum Gasteiger partial charge on any atom is 0.164 e. The first-order valence-electron chi connectivity index (χ1n) is 12.9. The molecule has 0 aromatic rings. The number of aliphatic hydroxyl groups excluding tert-OH is 4. The largest absolute Gasteiger partial charge is 0.396 e. The lowest BCUT2D eigenvalue weighted by molar-refractivity contribution is -0.337. The second-order valence-electron chi connectivity index (χ2n) is 12.8. The van der Waals surface area contributed by atoms with E-state index in [4.69, 9.17) is 28.4 Å². The van der Waals surface area contributed by atoms with E-state index < -0.39 is 28.8 Å². The van der Waals surface area contributed by atoms with Gasteiger partial charge < -0.3 is 48.8 Å². The smallest absolute Gasteiger partial charge is 0.164 e. The molecular weight excluding hydrogens is 472 g/mol. The molecule has 0 aromatic carbocycles. The average Bonchev–Trinajstić information content (AvgIpc) is 2.89. The molecule has 0 amide bonds. The predicted octanol–water partition coefficient (Wildman–Crippen LogP) is 1.52. The first-order valence-corrected chi connectivity index (χ1v) is 12.9. The summed E-state index contributed by atoms with van der Waals surface area (Å²) in [6.45, 7) is 16.5. The van der Waals surface area contributed by atoms with Crippen LogP contribution in [0.4, 0.5) is 0 Å². The maximum atomic E-state index is 9.37. The number of aliphatic hydroxyl groups is 4. The van der Waals surface area contributed by atoms with Crippen LogP contribution in [0.25, 0.3) is 0 Å². The predicted molar refractivity (Wildman–Crippen MR) is 132 cm³/mol. The molecule has 3 heterocycles. The Hall–Kier alpha value is -0.400. The number of hydrogen-bond donors (Lipinski definition) is 4. The molecule has 3 aliphatic rings. The van der Waals surface area contributed by atoms with Crippen molar-refractivity contribution in [2.75, 3.05) is 66.1 Å². The molecule has 0 bridgehead atoms. The van der Waals surface area contributed by atoms with Gasteiger partial charge in [0.2, 0.25) is 0 Å². The van der Waals surface area contributed by atoms with Gasteiger partial charge in [-0.15, -0.1) is 0 Å². The van der Waals surface area contributed by atoms with Crippen molar-refractivity contribution in [1.82, 2.24) is 0 Å². The van der Waals surface area contributed by atoms with Gasteiger partial charge in [0.25, 0.3) is 0 Å². The normalized spacial score (nSPS) is 34.2. The zero-order chi connectivity index (χ0) is 27.3. The van der Waals surface area contributed by atoms with Gasteiger partial charge in [-0.25, -0.2) is 0 Å². The third-order valence-electron chi connectivity index (χ3n) is 7.47. The second kappa shape index (κ2) is 12.6. The summed E-state index contributed by atoms with van der Waals surface area (Å²) in [4.78, 5) is 0. The van der Waals surface area contributed by atoms with Gasteiger partial charge >= 0.3 is 0 Å². The lowest BCUT2D eigenvalue weighted by Gasteiger charge is -2.48.